The number of amides is 1. The summed E-state index contributed by atoms with van der Waals surface area (Å²) in [6.45, 7) is 3.10. The van der Waals surface area contributed by atoms with E-state index in [1.54, 1.807) is 0 Å². The first-order valence-corrected chi connectivity index (χ1v) is 7.83. The quantitative estimate of drug-likeness (QED) is 0.893. The molecular formula is C15H22BrN3O. The number of hydrogen-bond acceptors (Lipinski definition) is 3. The molecule has 0 aliphatic carbocycles. The fourth-order valence-corrected chi connectivity index (χ4v) is 3.26. The Balaban J connectivity index is 2.01. The highest BCUT2D eigenvalue weighted by Gasteiger charge is 2.19. The van der Waals surface area contributed by atoms with Gasteiger partial charge in [0, 0.05) is 31.2 Å². The number of carbonyl (C=O) groups is 1. The van der Waals surface area contributed by atoms with E-state index >= 15 is 0 Å². The Bertz CT molecular complexity index is 472. The third kappa shape index (κ3) is 3.73. The molecule has 0 saturated carbocycles. The van der Waals surface area contributed by atoms with Gasteiger partial charge in [-0.05, 0) is 53.5 Å². The standard InChI is InChI=1S/C15H22BrN3O/c1-17-10-12-5-6-14(13(16)9-12)18(2)11-15(20)19-7-3-4-8-19/h5-6,9,17H,3-4,7-8,10-11H2,1-2H3. The molecule has 1 aromatic carbocycles. The normalized spacial score (nSPS) is 14.7. The van der Waals surface area contributed by atoms with Crippen molar-refractivity contribution in [1.29, 1.82) is 0 Å². The Morgan fingerprint density at radius 2 is 2.10 bits per heavy atom. The maximum atomic E-state index is 12.2. The van der Waals surface area contributed by atoms with Crippen molar-refractivity contribution in [2.45, 2.75) is 19.4 Å². The average Bonchev–Trinajstić information content (AvgIpc) is 2.93. The highest BCUT2D eigenvalue weighted by Crippen LogP contribution is 2.26. The van der Waals surface area contributed by atoms with Crippen LogP contribution in [0.1, 0.15) is 18.4 Å². The van der Waals surface area contributed by atoms with E-state index in [2.05, 4.69) is 39.4 Å². The van der Waals surface area contributed by atoms with Gasteiger partial charge in [0.25, 0.3) is 0 Å². The van der Waals surface area contributed by atoms with Crippen LogP contribution in [0.4, 0.5) is 5.69 Å². The molecule has 0 aromatic heterocycles. The average molecular weight is 340 g/mol. The molecule has 1 amide bonds. The number of halogens is 1. The van der Waals surface area contributed by atoms with Crippen LogP contribution in [-0.2, 0) is 11.3 Å². The van der Waals surface area contributed by atoms with Crippen molar-refractivity contribution in [1.82, 2.24) is 10.2 Å². The van der Waals surface area contributed by atoms with Gasteiger partial charge in [0.2, 0.25) is 5.91 Å². The molecule has 1 fully saturated rings. The molecule has 0 atom stereocenters. The van der Waals surface area contributed by atoms with Crippen LogP contribution in [0.5, 0.6) is 0 Å². The molecule has 1 aliphatic rings. The van der Waals surface area contributed by atoms with Gasteiger partial charge in [-0.25, -0.2) is 0 Å². The number of hydrogen-bond donors (Lipinski definition) is 1. The van der Waals surface area contributed by atoms with Crippen LogP contribution >= 0.6 is 15.9 Å². The lowest BCUT2D eigenvalue weighted by atomic mass is 10.2. The Labute approximate surface area is 129 Å². The summed E-state index contributed by atoms with van der Waals surface area (Å²) >= 11 is 3.60. The van der Waals surface area contributed by atoms with Gasteiger partial charge >= 0.3 is 0 Å². The summed E-state index contributed by atoms with van der Waals surface area (Å²) in [6, 6.07) is 6.25. The van der Waals surface area contributed by atoms with Crippen molar-refractivity contribution in [3.63, 3.8) is 0 Å². The number of nitrogens with one attached hydrogen (secondary N) is 1. The molecular weight excluding hydrogens is 318 g/mol. The van der Waals surface area contributed by atoms with Gasteiger partial charge in [0.15, 0.2) is 0 Å². The van der Waals surface area contributed by atoms with Gasteiger partial charge in [0.1, 0.15) is 0 Å². The fourth-order valence-electron chi connectivity index (χ4n) is 2.53. The fraction of sp³-hybridized carbons (Fsp3) is 0.533. The molecule has 2 rings (SSSR count). The van der Waals surface area contributed by atoms with Crippen molar-refractivity contribution in [3.05, 3.63) is 28.2 Å². The molecule has 0 radical (unpaired) electrons. The molecule has 1 saturated heterocycles. The number of rotatable bonds is 5. The Morgan fingerprint density at radius 1 is 1.40 bits per heavy atom. The number of anilines is 1. The van der Waals surface area contributed by atoms with E-state index in [4.69, 9.17) is 0 Å². The lowest BCUT2D eigenvalue weighted by Gasteiger charge is -2.24. The van der Waals surface area contributed by atoms with Crippen molar-refractivity contribution < 1.29 is 4.79 Å². The SMILES string of the molecule is CNCc1ccc(N(C)CC(=O)N2CCCC2)c(Br)c1. The summed E-state index contributed by atoms with van der Waals surface area (Å²) in [4.78, 5) is 16.1. The predicted octanol–water partition coefficient (Wildman–Crippen LogP) is 2.23. The van der Waals surface area contributed by atoms with E-state index in [-0.39, 0.29) is 5.91 Å². The molecule has 4 nitrogen and oxygen atoms in total. The minimum absolute atomic E-state index is 0.219. The summed E-state index contributed by atoms with van der Waals surface area (Å²) in [6.07, 6.45) is 2.27. The summed E-state index contributed by atoms with van der Waals surface area (Å²) in [5.74, 6) is 0.219. The second-order valence-electron chi connectivity index (χ2n) is 5.26. The van der Waals surface area contributed by atoms with E-state index in [1.807, 2.05) is 23.9 Å². The Morgan fingerprint density at radius 3 is 2.70 bits per heavy atom. The van der Waals surface area contributed by atoms with E-state index in [0.717, 1.165) is 42.6 Å². The van der Waals surface area contributed by atoms with E-state index in [9.17, 15) is 4.79 Å². The third-order valence-corrected chi connectivity index (χ3v) is 4.27. The summed E-state index contributed by atoms with van der Waals surface area (Å²) in [5.41, 5.74) is 2.28. The number of benzene rings is 1. The Kier molecular flexibility index (Phi) is 5.43. The largest absolute Gasteiger partial charge is 0.364 e. The second-order valence-corrected chi connectivity index (χ2v) is 6.11. The molecule has 1 N–H and O–H groups in total. The number of nitrogens with zero attached hydrogens (tertiary/aromatic N) is 2. The monoisotopic (exact) mass is 339 g/mol. The van der Waals surface area contributed by atoms with Crippen LogP contribution in [0.15, 0.2) is 22.7 Å². The number of carbonyl (C=O) groups excluding carboxylic acids is 1. The molecule has 0 bridgehead atoms. The first kappa shape index (κ1) is 15.3. The lowest BCUT2D eigenvalue weighted by molar-refractivity contribution is -0.128. The van der Waals surface area contributed by atoms with Crippen molar-refractivity contribution in [3.8, 4) is 0 Å². The zero-order chi connectivity index (χ0) is 14.5. The zero-order valence-electron chi connectivity index (χ0n) is 12.2. The van der Waals surface area contributed by atoms with Gasteiger partial charge in [-0.1, -0.05) is 6.07 Å². The highest BCUT2D eigenvalue weighted by molar-refractivity contribution is 9.10. The predicted molar refractivity (Wildman–Crippen MR) is 86.0 cm³/mol. The minimum Gasteiger partial charge on any atom is -0.364 e. The van der Waals surface area contributed by atoms with Crippen LogP contribution in [-0.4, -0.2) is 44.5 Å². The lowest BCUT2D eigenvalue weighted by Crippen LogP contribution is -2.37. The van der Waals surface area contributed by atoms with Crippen LogP contribution < -0.4 is 10.2 Å². The van der Waals surface area contributed by atoms with Crippen molar-refractivity contribution >= 4 is 27.5 Å². The van der Waals surface area contributed by atoms with Crippen molar-refractivity contribution in [2.24, 2.45) is 0 Å². The second kappa shape index (κ2) is 7.09. The van der Waals surface area contributed by atoms with Crippen LogP contribution in [0.3, 0.4) is 0 Å². The first-order valence-electron chi connectivity index (χ1n) is 7.03. The zero-order valence-corrected chi connectivity index (χ0v) is 13.7. The maximum absolute atomic E-state index is 12.2. The van der Waals surface area contributed by atoms with Crippen LogP contribution in [0.2, 0.25) is 0 Å². The summed E-state index contributed by atoms with van der Waals surface area (Å²) < 4.78 is 1.03. The molecule has 20 heavy (non-hydrogen) atoms. The number of likely N-dealkylation sites (N-methyl/N-ethyl adjacent to an activating group) is 1. The molecule has 110 valence electrons. The third-order valence-electron chi connectivity index (χ3n) is 3.64. The van der Waals surface area contributed by atoms with Crippen LogP contribution in [0.25, 0.3) is 0 Å². The van der Waals surface area contributed by atoms with E-state index < -0.39 is 0 Å². The summed E-state index contributed by atoms with van der Waals surface area (Å²) in [7, 11) is 3.90. The van der Waals surface area contributed by atoms with Crippen molar-refractivity contribution in [2.75, 3.05) is 38.6 Å². The van der Waals surface area contributed by atoms with Crippen LogP contribution in [0, 0.1) is 0 Å². The number of likely N-dealkylation sites (tertiary alicyclic amines) is 1. The summed E-state index contributed by atoms with van der Waals surface area (Å²) in [5, 5.41) is 3.13. The topological polar surface area (TPSA) is 35.6 Å². The van der Waals surface area contributed by atoms with E-state index in [1.165, 1.54) is 5.56 Å². The highest BCUT2D eigenvalue weighted by atomic mass is 79.9. The molecule has 0 unspecified atom stereocenters. The maximum Gasteiger partial charge on any atom is 0.242 e. The molecule has 1 aliphatic heterocycles. The Hall–Kier alpha value is -1.07. The van der Waals surface area contributed by atoms with Gasteiger partial charge in [-0.3, -0.25) is 4.79 Å². The first-order chi connectivity index (χ1) is 9.61. The molecule has 1 heterocycles. The van der Waals surface area contributed by atoms with E-state index in [0.29, 0.717) is 6.54 Å². The molecule has 1 aromatic rings. The molecule has 5 heteroatoms. The smallest absolute Gasteiger partial charge is 0.242 e. The van der Waals surface area contributed by atoms with Gasteiger partial charge in [-0.15, -0.1) is 0 Å². The molecule has 0 spiro atoms. The van der Waals surface area contributed by atoms with Gasteiger partial charge in [-0.2, -0.15) is 0 Å². The van der Waals surface area contributed by atoms with Gasteiger partial charge < -0.3 is 15.1 Å². The van der Waals surface area contributed by atoms with Gasteiger partial charge in [0.05, 0.1) is 12.2 Å². The minimum atomic E-state index is 0.219.